The normalized spacial score (nSPS) is 24.3. The lowest BCUT2D eigenvalue weighted by molar-refractivity contribution is -0.120. The van der Waals surface area contributed by atoms with Gasteiger partial charge in [0, 0.05) is 18.3 Å². The van der Waals surface area contributed by atoms with E-state index in [0.29, 0.717) is 12.2 Å². The van der Waals surface area contributed by atoms with E-state index in [-0.39, 0.29) is 34.1 Å². The minimum absolute atomic E-state index is 0.0229. The van der Waals surface area contributed by atoms with Crippen LogP contribution in [-0.2, 0) is 13.6 Å². The van der Waals surface area contributed by atoms with Crippen molar-refractivity contribution in [2.24, 2.45) is 11.8 Å². The molecule has 0 spiro atoms. The third-order valence-corrected chi connectivity index (χ3v) is 17.0. The van der Waals surface area contributed by atoms with Crippen molar-refractivity contribution in [3.05, 3.63) is 48.0 Å². The molecule has 0 aromatic heterocycles. The van der Waals surface area contributed by atoms with Gasteiger partial charge in [0.2, 0.25) is 0 Å². The molecule has 0 saturated heterocycles. The van der Waals surface area contributed by atoms with Gasteiger partial charge in [0.25, 0.3) is 0 Å². The van der Waals surface area contributed by atoms with Crippen molar-refractivity contribution in [2.75, 3.05) is 0 Å². The first-order chi connectivity index (χ1) is 14.5. The van der Waals surface area contributed by atoms with Crippen LogP contribution in [0.1, 0.15) is 66.6 Å². The predicted octanol–water partition coefficient (Wildman–Crippen LogP) is 7.92. The molecule has 0 radical (unpaired) electrons. The Bertz CT molecular complexity index is 800. The van der Waals surface area contributed by atoms with E-state index in [1.165, 1.54) is 0 Å². The molecule has 3 nitrogen and oxygen atoms in total. The summed E-state index contributed by atoms with van der Waals surface area (Å²) in [7, 11) is -3.95. The third-order valence-electron chi connectivity index (χ3n) is 8.03. The zero-order valence-corrected chi connectivity index (χ0v) is 24.3. The zero-order chi connectivity index (χ0) is 24.5. The van der Waals surface area contributed by atoms with Crippen molar-refractivity contribution < 1.29 is 13.6 Å². The lowest BCUT2D eigenvalue weighted by Crippen LogP contribution is -2.45. The van der Waals surface area contributed by atoms with Crippen LogP contribution in [0.25, 0.3) is 0 Å². The molecule has 1 unspecified atom stereocenters. The molecule has 1 fully saturated rings. The van der Waals surface area contributed by atoms with Crippen LogP contribution in [0, 0.1) is 11.8 Å². The molecule has 5 heteroatoms. The summed E-state index contributed by atoms with van der Waals surface area (Å²) in [6, 6.07) is 10.4. The molecule has 0 N–H and O–H groups in total. The molecular weight excluding hydrogens is 428 g/mol. The second kappa shape index (κ2) is 9.69. The van der Waals surface area contributed by atoms with Crippen molar-refractivity contribution in [3.63, 3.8) is 0 Å². The Balaban J connectivity index is 2.35. The third kappa shape index (κ3) is 6.31. The summed E-state index contributed by atoms with van der Waals surface area (Å²) >= 11 is 0. The topological polar surface area (TPSA) is 35.5 Å². The number of hydrogen-bond donors (Lipinski definition) is 0. The van der Waals surface area contributed by atoms with Crippen molar-refractivity contribution in [1.29, 1.82) is 0 Å². The lowest BCUT2D eigenvalue weighted by Gasteiger charge is -2.40. The highest BCUT2D eigenvalue weighted by atomic mass is 28.4. The van der Waals surface area contributed by atoms with Gasteiger partial charge in [-0.25, -0.2) is 0 Å². The van der Waals surface area contributed by atoms with Gasteiger partial charge >= 0.3 is 0 Å². The number of ketones is 1. The molecule has 1 aliphatic rings. The summed E-state index contributed by atoms with van der Waals surface area (Å²) < 4.78 is 13.6. The number of Topliss-reactive ketones (excluding diaryl/α,β-unsaturated/α-hetero) is 1. The minimum Gasteiger partial charge on any atom is -0.413 e. The molecule has 2 rings (SSSR count). The first-order valence-corrected chi connectivity index (χ1v) is 17.9. The van der Waals surface area contributed by atoms with Gasteiger partial charge in [-0.3, -0.25) is 4.79 Å². The Morgan fingerprint density at radius 3 is 1.97 bits per heavy atom. The summed E-state index contributed by atoms with van der Waals surface area (Å²) in [6.45, 7) is 24.8. The van der Waals surface area contributed by atoms with Crippen LogP contribution in [-0.4, -0.2) is 28.5 Å². The molecule has 0 heterocycles. The summed E-state index contributed by atoms with van der Waals surface area (Å²) in [4.78, 5) is 12.7. The molecule has 4 atom stereocenters. The average Bonchev–Trinajstić information content (AvgIpc) is 2.90. The SMILES string of the molecule is C[C@@H]1C(=O)C[C@H](O[Si](C)(C)C(C)(C)C)[C@H]1/C=C/C(O[Si](C)(C)C(C)(C)C)c1ccccc1. The fourth-order valence-corrected chi connectivity index (χ4v) is 6.16. The number of carbonyl (C=O) groups excluding carboxylic acids is 1. The summed E-state index contributed by atoms with van der Waals surface area (Å²) in [5.74, 6) is 0.376. The predicted molar refractivity (Wildman–Crippen MR) is 141 cm³/mol. The molecule has 1 saturated carbocycles. The Labute approximate surface area is 199 Å². The van der Waals surface area contributed by atoms with Gasteiger partial charge in [-0.05, 0) is 41.8 Å². The van der Waals surface area contributed by atoms with E-state index in [2.05, 4.69) is 111 Å². The average molecular weight is 475 g/mol. The maximum Gasteiger partial charge on any atom is 0.193 e. The van der Waals surface area contributed by atoms with Gasteiger partial charge in [-0.1, -0.05) is 91.0 Å². The maximum atomic E-state index is 12.7. The Hall–Kier alpha value is -1.02. The fraction of sp³-hybridized carbons (Fsp3) is 0.667. The monoisotopic (exact) mass is 474 g/mol. The Kier molecular flexibility index (Phi) is 8.25. The van der Waals surface area contributed by atoms with Crippen LogP contribution in [0.4, 0.5) is 0 Å². The second-order valence-corrected chi connectivity index (χ2v) is 22.1. The molecule has 32 heavy (non-hydrogen) atoms. The molecule has 0 bridgehead atoms. The van der Waals surface area contributed by atoms with Crippen molar-refractivity contribution >= 4 is 22.4 Å². The van der Waals surface area contributed by atoms with Gasteiger partial charge in [-0.2, -0.15) is 0 Å². The highest BCUT2D eigenvalue weighted by molar-refractivity contribution is 6.74. The second-order valence-electron chi connectivity index (χ2n) is 12.5. The standard InChI is InChI=1S/C27H46O3Si2/c1-20-22(25(19-23(20)28)30-32(10,11)27(5,6)7)17-18-24(21-15-13-12-14-16-21)29-31(8,9)26(2,3)4/h12-18,20,22,24-25H,19H2,1-11H3/b18-17+/t20-,22-,24?,25-/m0/s1. The van der Waals surface area contributed by atoms with Crippen molar-refractivity contribution in [1.82, 2.24) is 0 Å². The van der Waals surface area contributed by atoms with Gasteiger partial charge in [-0.15, -0.1) is 0 Å². The largest absolute Gasteiger partial charge is 0.413 e. The van der Waals surface area contributed by atoms with E-state index < -0.39 is 16.6 Å². The van der Waals surface area contributed by atoms with E-state index >= 15 is 0 Å². The fourth-order valence-electron chi connectivity index (χ4n) is 3.61. The minimum atomic E-state index is -1.98. The molecule has 1 aromatic carbocycles. The highest BCUT2D eigenvalue weighted by Gasteiger charge is 2.46. The molecule has 1 aliphatic carbocycles. The van der Waals surface area contributed by atoms with Crippen LogP contribution in [0.2, 0.25) is 36.3 Å². The molecule has 1 aromatic rings. The van der Waals surface area contributed by atoms with E-state index in [4.69, 9.17) is 8.85 Å². The molecular formula is C27H46O3Si2. The van der Waals surface area contributed by atoms with Gasteiger partial charge in [0.05, 0.1) is 12.2 Å². The lowest BCUT2D eigenvalue weighted by atomic mass is 9.94. The van der Waals surface area contributed by atoms with Crippen LogP contribution in [0.15, 0.2) is 42.5 Å². The quantitative estimate of drug-likeness (QED) is 0.297. The van der Waals surface area contributed by atoms with E-state index in [1.54, 1.807) is 0 Å². The smallest absolute Gasteiger partial charge is 0.193 e. The van der Waals surface area contributed by atoms with E-state index in [0.717, 1.165) is 5.56 Å². The van der Waals surface area contributed by atoms with E-state index in [9.17, 15) is 4.79 Å². The number of benzene rings is 1. The van der Waals surface area contributed by atoms with E-state index in [1.807, 2.05) is 6.07 Å². The van der Waals surface area contributed by atoms with Crippen LogP contribution >= 0.6 is 0 Å². The first-order valence-electron chi connectivity index (χ1n) is 12.1. The Morgan fingerprint density at radius 1 is 0.938 bits per heavy atom. The zero-order valence-electron chi connectivity index (χ0n) is 22.3. The Morgan fingerprint density at radius 2 is 1.47 bits per heavy atom. The van der Waals surface area contributed by atoms with Crippen LogP contribution in [0.5, 0.6) is 0 Å². The molecule has 180 valence electrons. The number of rotatable bonds is 7. The number of carbonyl (C=O) groups is 1. The van der Waals surface area contributed by atoms with Crippen LogP contribution in [0.3, 0.4) is 0 Å². The first kappa shape index (κ1) is 27.2. The molecule has 0 amide bonds. The summed E-state index contributed by atoms with van der Waals surface area (Å²) in [5.41, 5.74) is 1.16. The maximum absolute atomic E-state index is 12.7. The summed E-state index contributed by atoms with van der Waals surface area (Å²) in [5, 5.41) is 0.243. The highest BCUT2D eigenvalue weighted by Crippen LogP contribution is 2.43. The van der Waals surface area contributed by atoms with Gasteiger partial charge < -0.3 is 8.85 Å². The van der Waals surface area contributed by atoms with Gasteiger partial charge in [0.15, 0.2) is 16.6 Å². The summed E-state index contributed by atoms with van der Waals surface area (Å²) in [6.07, 6.45) is 4.77. The van der Waals surface area contributed by atoms with Crippen molar-refractivity contribution in [3.8, 4) is 0 Å². The molecule has 0 aliphatic heterocycles. The van der Waals surface area contributed by atoms with Gasteiger partial charge in [0.1, 0.15) is 5.78 Å². The van der Waals surface area contributed by atoms with Crippen molar-refractivity contribution in [2.45, 2.75) is 103 Å². The van der Waals surface area contributed by atoms with Crippen LogP contribution < -0.4 is 0 Å². The number of hydrogen-bond acceptors (Lipinski definition) is 3.